The summed E-state index contributed by atoms with van der Waals surface area (Å²) in [4.78, 5) is 0. The van der Waals surface area contributed by atoms with Crippen molar-refractivity contribution < 1.29 is 9.47 Å². The second kappa shape index (κ2) is 7.14. The first-order valence-corrected chi connectivity index (χ1v) is 5.87. The number of nitrogen functional groups attached to an aromatic ring is 1. The molecule has 0 heterocycles. The van der Waals surface area contributed by atoms with E-state index in [0.717, 1.165) is 6.42 Å². The highest BCUT2D eigenvalue weighted by atomic mass is 35.5. The first-order chi connectivity index (χ1) is 8.15. The Morgan fingerprint density at radius 2 is 2.18 bits per heavy atom. The van der Waals surface area contributed by atoms with Gasteiger partial charge in [0.2, 0.25) is 0 Å². The lowest BCUT2D eigenvalue weighted by molar-refractivity contribution is 0.131. The molecule has 0 amide bonds. The predicted molar refractivity (Wildman–Crippen MR) is 69.1 cm³/mol. The number of nitrogens with two attached hydrogens (primary N) is 1. The van der Waals surface area contributed by atoms with E-state index in [2.05, 4.69) is 0 Å². The Labute approximate surface area is 106 Å². The van der Waals surface area contributed by atoms with Gasteiger partial charge < -0.3 is 15.2 Å². The Morgan fingerprint density at radius 3 is 2.82 bits per heavy atom. The molecule has 0 aromatic heterocycles. The Morgan fingerprint density at radius 1 is 1.41 bits per heavy atom. The van der Waals surface area contributed by atoms with E-state index in [1.165, 1.54) is 0 Å². The average Bonchev–Trinajstić information content (AvgIpc) is 2.28. The van der Waals surface area contributed by atoms with Gasteiger partial charge in [0.25, 0.3) is 0 Å². The van der Waals surface area contributed by atoms with Crippen molar-refractivity contribution in [3.05, 3.63) is 28.8 Å². The Hall–Kier alpha value is -1.26. The minimum atomic E-state index is -0.0264. The van der Waals surface area contributed by atoms with Gasteiger partial charge in [-0.05, 0) is 25.1 Å². The highest BCUT2D eigenvalue weighted by Gasteiger charge is 2.07. The van der Waals surface area contributed by atoms with Crippen molar-refractivity contribution in [2.24, 2.45) is 5.73 Å². The summed E-state index contributed by atoms with van der Waals surface area (Å²) in [6, 6.07) is 5.03. The molecule has 17 heavy (non-hydrogen) atoms. The molecule has 0 bridgehead atoms. The van der Waals surface area contributed by atoms with E-state index in [-0.39, 0.29) is 5.84 Å². The Balaban J connectivity index is 2.56. The summed E-state index contributed by atoms with van der Waals surface area (Å²) >= 11 is 5.87. The van der Waals surface area contributed by atoms with Crippen molar-refractivity contribution in [2.45, 2.75) is 13.3 Å². The largest absolute Gasteiger partial charge is 0.493 e. The third-order valence-electron chi connectivity index (χ3n) is 2.13. The van der Waals surface area contributed by atoms with Crippen LogP contribution in [-0.4, -0.2) is 25.7 Å². The third kappa shape index (κ3) is 4.63. The van der Waals surface area contributed by atoms with E-state index in [9.17, 15) is 0 Å². The quantitative estimate of drug-likeness (QED) is 0.447. The van der Waals surface area contributed by atoms with Gasteiger partial charge in [-0.3, -0.25) is 5.41 Å². The Bertz CT molecular complexity index is 383. The van der Waals surface area contributed by atoms with Gasteiger partial charge in [0.15, 0.2) is 0 Å². The number of rotatable bonds is 7. The van der Waals surface area contributed by atoms with Gasteiger partial charge >= 0.3 is 0 Å². The summed E-state index contributed by atoms with van der Waals surface area (Å²) in [5.74, 6) is 0.517. The summed E-state index contributed by atoms with van der Waals surface area (Å²) in [6.07, 6.45) is 0.789. The fourth-order valence-corrected chi connectivity index (χ4v) is 1.49. The predicted octanol–water partition coefficient (Wildman–Crippen LogP) is 2.43. The second-order valence-corrected chi connectivity index (χ2v) is 3.89. The zero-order chi connectivity index (χ0) is 12.7. The number of ether oxygens (including phenoxy) is 2. The lowest BCUT2D eigenvalue weighted by Crippen LogP contribution is -2.13. The molecule has 94 valence electrons. The van der Waals surface area contributed by atoms with Gasteiger partial charge in [0.05, 0.1) is 12.2 Å². The van der Waals surface area contributed by atoms with Crippen LogP contribution in [0.5, 0.6) is 5.75 Å². The van der Waals surface area contributed by atoms with Crippen LogP contribution in [0.3, 0.4) is 0 Å². The molecule has 0 spiro atoms. The minimum absolute atomic E-state index is 0.0264. The second-order valence-electron chi connectivity index (χ2n) is 3.45. The number of hydrogen-bond donors (Lipinski definition) is 2. The fourth-order valence-electron chi connectivity index (χ4n) is 1.33. The van der Waals surface area contributed by atoms with E-state index in [0.29, 0.717) is 36.2 Å². The summed E-state index contributed by atoms with van der Waals surface area (Å²) in [5.41, 5.74) is 6.01. The van der Waals surface area contributed by atoms with E-state index < -0.39 is 0 Å². The van der Waals surface area contributed by atoms with Crippen molar-refractivity contribution in [2.75, 3.05) is 19.8 Å². The molecule has 0 unspecified atom stereocenters. The molecule has 1 aromatic rings. The van der Waals surface area contributed by atoms with Crippen LogP contribution in [0.1, 0.15) is 18.9 Å². The molecule has 0 atom stereocenters. The summed E-state index contributed by atoms with van der Waals surface area (Å²) < 4.78 is 10.7. The monoisotopic (exact) mass is 256 g/mol. The maximum Gasteiger partial charge on any atom is 0.131 e. The van der Waals surface area contributed by atoms with Crippen molar-refractivity contribution >= 4 is 17.4 Å². The van der Waals surface area contributed by atoms with E-state index in [4.69, 9.17) is 32.2 Å². The Kier molecular flexibility index (Phi) is 5.80. The number of hydrogen-bond acceptors (Lipinski definition) is 3. The maximum atomic E-state index is 7.42. The van der Waals surface area contributed by atoms with Gasteiger partial charge in [0.1, 0.15) is 11.6 Å². The molecule has 0 aliphatic heterocycles. The number of benzene rings is 1. The van der Waals surface area contributed by atoms with Crippen LogP contribution in [0.2, 0.25) is 5.02 Å². The van der Waals surface area contributed by atoms with Crippen LogP contribution < -0.4 is 10.5 Å². The lowest BCUT2D eigenvalue weighted by atomic mass is 10.2. The van der Waals surface area contributed by atoms with E-state index in [1.807, 2.05) is 6.92 Å². The summed E-state index contributed by atoms with van der Waals surface area (Å²) in [6.45, 7) is 3.83. The van der Waals surface area contributed by atoms with Gasteiger partial charge in [-0.2, -0.15) is 0 Å². The van der Waals surface area contributed by atoms with Crippen LogP contribution in [0, 0.1) is 5.41 Å². The minimum Gasteiger partial charge on any atom is -0.493 e. The third-order valence-corrected chi connectivity index (χ3v) is 2.36. The number of nitrogens with one attached hydrogen (secondary N) is 1. The molecule has 0 aliphatic carbocycles. The standard InChI is InChI=1S/C12H17ClN2O2/c1-2-16-6-3-7-17-11-8-9(13)4-5-10(11)12(14)15/h4-5,8H,2-3,6-7H2,1H3,(H3,14,15). The number of halogens is 1. The van der Waals surface area contributed by atoms with Gasteiger partial charge in [-0.25, -0.2) is 0 Å². The smallest absolute Gasteiger partial charge is 0.131 e. The van der Waals surface area contributed by atoms with Crippen LogP contribution in [-0.2, 0) is 4.74 Å². The van der Waals surface area contributed by atoms with Crippen molar-refractivity contribution in [3.8, 4) is 5.75 Å². The fraction of sp³-hybridized carbons (Fsp3) is 0.417. The molecule has 5 heteroatoms. The molecular formula is C12H17ClN2O2. The molecule has 0 saturated carbocycles. The van der Waals surface area contributed by atoms with Crippen molar-refractivity contribution in [1.29, 1.82) is 5.41 Å². The summed E-state index contributed by atoms with van der Waals surface area (Å²) in [5, 5.41) is 7.99. The first-order valence-electron chi connectivity index (χ1n) is 5.49. The van der Waals surface area contributed by atoms with Gasteiger partial charge in [0, 0.05) is 24.7 Å². The first kappa shape index (κ1) is 13.8. The molecule has 0 aliphatic rings. The van der Waals surface area contributed by atoms with Crippen molar-refractivity contribution in [3.63, 3.8) is 0 Å². The molecule has 0 saturated heterocycles. The molecule has 4 nitrogen and oxygen atoms in total. The normalized spacial score (nSPS) is 10.2. The summed E-state index contributed by atoms with van der Waals surface area (Å²) in [7, 11) is 0. The van der Waals surface area contributed by atoms with Gasteiger partial charge in [-0.15, -0.1) is 0 Å². The van der Waals surface area contributed by atoms with Crippen molar-refractivity contribution in [1.82, 2.24) is 0 Å². The number of amidine groups is 1. The molecule has 0 radical (unpaired) electrons. The molecular weight excluding hydrogens is 240 g/mol. The van der Waals surface area contributed by atoms with E-state index in [1.54, 1.807) is 18.2 Å². The maximum absolute atomic E-state index is 7.42. The molecule has 1 aromatic carbocycles. The van der Waals surface area contributed by atoms with Crippen LogP contribution in [0.4, 0.5) is 0 Å². The SMILES string of the molecule is CCOCCCOc1cc(Cl)ccc1C(=N)N. The van der Waals surface area contributed by atoms with Gasteiger partial charge in [-0.1, -0.05) is 11.6 Å². The molecule has 0 fully saturated rings. The highest BCUT2D eigenvalue weighted by Crippen LogP contribution is 2.23. The highest BCUT2D eigenvalue weighted by molar-refractivity contribution is 6.30. The lowest BCUT2D eigenvalue weighted by Gasteiger charge is -2.11. The molecule has 1 rings (SSSR count). The zero-order valence-electron chi connectivity index (χ0n) is 9.83. The van der Waals surface area contributed by atoms with Crippen LogP contribution in [0.15, 0.2) is 18.2 Å². The van der Waals surface area contributed by atoms with Crippen LogP contribution in [0.25, 0.3) is 0 Å². The average molecular weight is 257 g/mol. The van der Waals surface area contributed by atoms with Crippen LogP contribution >= 0.6 is 11.6 Å². The van der Waals surface area contributed by atoms with E-state index >= 15 is 0 Å². The molecule has 3 N–H and O–H groups in total. The topological polar surface area (TPSA) is 68.3 Å². The zero-order valence-corrected chi connectivity index (χ0v) is 10.6.